The molecule has 0 amide bonds. The van der Waals surface area contributed by atoms with E-state index in [1.165, 1.54) is 0 Å². The molecule has 6 heteroatoms. The summed E-state index contributed by atoms with van der Waals surface area (Å²) in [5, 5.41) is 10.8. The summed E-state index contributed by atoms with van der Waals surface area (Å²) >= 11 is 6.09. The Labute approximate surface area is 184 Å². The van der Waals surface area contributed by atoms with Crippen LogP contribution >= 0.6 is 11.6 Å². The monoisotopic (exact) mass is 427 g/mol. The topological polar surface area (TPSA) is 49.2 Å². The molecule has 0 bridgehead atoms. The summed E-state index contributed by atoms with van der Waals surface area (Å²) in [5.41, 5.74) is 5.95. The average molecular weight is 428 g/mol. The van der Waals surface area contributed by atoms with Crippen LogP contribution < -0.4 is 9.47 Å². The molecule has 3 heterocycles. The summed E-state index contributed by atoms with van der Waals surface area (Å²) in [6.45, 7) is 1.77. The van der Waals surface area contributed by atoms with Crippen LogP contribution in [0.4, 0.5) is 0 Å². The van der Waals surface area contributed by atoms with Gasteiger partial charge in [-0.25, -0.2) is 0 Å². The van der Waals surface area contributed by atoms with E-state index in [0.717, 1.165) is 55.5 Å². The first kappa shape index (κ1) is 18.2. The Balaban J connectivity index is 1.60. The second-order valence-corrected chi connectivity index (χ2v) is 8.01. The number of hydrogen-bond acceptors (Lipinski definition) is 4. The molecular formula is C25H18ClN3O2. The lowest BCUT2D eigenvalue weighted by molar-refractivity contribution is 0.172. The Kier molecular flexibility index (Phi) is 4.28. The molecule has 31 heavy (non-hydrogen) atoms. The van der Waals surface area contributed by atoms with Crippen molar-refractivity contribution in [2.75, 3.05) is 13.2 Å². The molecule has 0 N–H and O–H groups in total. The van der Waals surface area contributed by atoms with Gasteiger partial charge in [0.25, 0.3) is 0 Å². The van der Waals surface area contributed by atoms with E-state index in [4.69, 9.17) is 21.1 Å². The molecule has 0 saturated heterocycles. The quantitative estimate of drug-likeness (QED) is 0.372. The van der Waals surface area contributed by atoms with E-state index in [2.05, 4.69) is 33.1 Å². The Morgan fingerprint density at radius 1 is 0.839 bits per heavy atom. The summed E-state index contributed by atoms with van der Waals surface area (Å²) in [4.78, 5) is 0. The molecule has 0 unspecified atom stereocenters. The van der Waals surface area contributed by atoms with E-state index in [9.17, 15) is 0 Å². The molecule has 0 aliphatic carbocycles. The SMILES string of the molecule is Clc1ccc(Cn2cc3c(-c4ccccc4)nnc-3c3cc4c(cc32)OCCO4)cc1. The highest BCUT2D eigenvalue weighted by Crippen LogP contribution is 2.41. The van der Waals surface area contributed by atoms with Gasteiger partial charge in [0.1, 0.15) is 24.6 Å². The fraction of sp³-hybridized carbons (Fsp3) is 0.120. The van der Waals surface area contributed by atoms with Gasteiger partial charge in [0.15, 0.2) is 11.5 Å². The number of benzene rings is 3. The molecule has 3 aromatic carbocycles. The number of halogens is 1. The lowest BCUT2D eigenvalue weighted by Crippen LogP contribution is -2.15. The molecule has 5 nitrogen and oxygen atoms in total. The number of hydrogen-bond donors (Lipinski definition) is 0. The first-order chi connectivity index (χ1) is 15.3. The molecule has 0 fully saturated rings. The van der Waals surface area contributed by atoms with Crippen molar-refractivity contribution in [2.45, 2.75) is 6.54 Å². The maximum Gasteiger partial charge on any atom is 0.163 e. The van der Waals surface area contributed by atoms with Crippen LogP contribution in [0.3, 0.4) is 0 Å². The highest BCUT2D eigenvalue weighted by atomic mass is 35.5. The van der Waals surface area contributed by atoms with Crippen molar-refractivity contribution in [3.05, 3.63) is 83.5 Å². The zero-order chi connectivity index (χ0) is 20.8. The van der Waals surface area contributed by atoms with Crippen LogP contribution in [0.5, 0.6) is 11.5 Å². The maximum absolute atomic E-state index is 6.09. The van der Waals surface area contributed by atoms with Crippen LogP contribution in [0, 0.1) is 0 Å². The zero-order valence-corrected chi connectivity index (χ0v) is 17.3. The van der Waals surface area contributed by atoms with Crippen molar-refractivity contribution in [1.29, 1.82) is 0 Å². The Morgan fingerprint density at radius 3 is 2.32 bits per heavy atom. The molecule has 0 radical (unpaired) electrons. The highest BCUT2D eigenvalue weighted by Gasteiger charge is 2.23. The smallest absolute Gasteiger partial charge is 0.163 e. The van der Waals surface area contributed by atoms with E-state index in [-0.39, 0.29) is 0 Å². The second kappa shape index (κ2) is 7.29. The molecule has 0 aromatic heterocycles. The van der Waals surface area contributed by atoms with Crippen molar-refractivity contribution >= 4 is 22.5 Å². The largest absolute Gasteiger partial charge is 0.486 e. The van der Waals surface area contributed by atoms with E-state index in [0.29, 0.717) is 19.8 Å². The molecular weight excluding hydrogens is 410 g/mol. The van der Waals surface area contributed by atoms with Gasteiger partial charge in [0, 0.05) is 40.3 Å². The standard InChI is InChI=1S/C25H18ClN3O2/c26-18-8-6-16(7-9-18)14-29-15-20-24(17-4-2-1-3-5-17)27-28-25(20)19-12-22-23(13-21(19)29)31-11-10-30-22/h1-9,12-13,15H,10-11,14H2. The fourth-order valence-corrected chi connectivity index (χ4v) is 4.22. The van der Waals surface area contributed by atoms with Crippen LogP contribution in [0.1, 0.15) is 5.56 Å². The van der Waals surface area contributed by atoms with E-state index < -0.39 is 0 Å². The predicted octanol–water partition coefficient (Wildman–Crippen LogP) is 5.68. The van der Waals surface area contributed by atoms with Gasteiger partial charge in [-0.05, 0) is 23.8 Å². The Bertz CT molecular complexity index is 1360. The van der Waals surface area contributed by atoms with E-state index in [1.807, 2.05) is 54.6 Å². The van der Waals surface area contributed by atoms with Gasteiger partial charge in [-0.1, -0.05) is 54.1 Å². The van der Waals surface area contributed by atoms with Crippen LogP contribution in [0.2, 0.25) is 5.02 Å². The summed E-state index contributed by atoms with van der Waals surface area (Å²) in [5.74, 6) is 1.50. The van der Waals surface area contributed by atoms with Gasteiger partial charge >= 0.3 is 0 Å². The van der Waals surface area contributed by atoms with Gasteiger partial charge in [-0.3, -0.25) is 0 Å². The van der Waals surface area contributed by atoms with Gasteiger partial charge in [0.05, 0.1) is 5.52 Å². The first-order valence-electron chi connectivity index (χ1n) is 10.1. The van der Waals surface area contributed by atoms with Gasteiger partial charge in [-0.2, -0.15) is 0 Å². The molecule has 6 rings (SSSR count). The minimum Gasteiger partial charge on any atom is -0.486 e. The van der Waals surface area contributed by atoms with Crippen molar-refractivity contribution in [2.24, 2.45) is 0 Å². The molecule has 0 spiro atoms. The van der Waals surface area contributed by atoms with Crippen molar-refractivity contribution in [3.63, 3.8) is 0 Å². The highest BCUT2D eigenvalue weighted by molar-refractivity contribution is 6.30. The second-order valence-electron chi connectivity index (χ2n) is 7.57. The third-order valence-electron chi connectivity index (χ3n) is 5.58. The molecule has 0 saturated carbocycles. The van der Waals surface area contributed by atoms with Gasteiger partial charge in [-0.15, -0.1) is 10.2 Å². The summed E-state index contributed by atoms with van der Waals surface area (Å²) in [7, 11) is 0. The predicted molar refractivity (Wildman–Crippen MR) is 121 cm³/mol. The Hall–Kier alpha value is -3.57. The third kappa shape index (κ3) is 3.18. The van der Waals surface area contributed by atoms with Crippen LogP contribution in [0.15, 0.2) is 72.9 Å². The zero-order valence-electron chi connectivity index (χ0n) is 16.6. The first-order valence-corrected chi connectivity index (χ1v) is 10.5. The molecule has 0 atom stereocenters. The normalized spacial score (nSPS) is 13.1. The van der Waals surface area contributed by atoms with Gasteiger partial charge in [0.2, 0.25) is 0 Å². The fourth-order valence-electron chi connectivity index (χ4n) is 4.10. The average Bonchev–Trinajstić information content (AvgIpc) is 3.24. The van der Waals surface area contributed by atoms with Crippen LogP contribution in [0.25, 0.3) is 33.4 Å². The minimum absolute atomic E-state index is 0.543. The molecule has 3 aliphatic heterocycles. The lowest BCUT2D eigenvalue weighted by atomic mass is 10.0. The van der Waals surface area contributed by atoms with Crippen LogP contribution in [-0.2, 0) is 6.54 Å². The number of rotatable bonds is 3. The van der Waals surface area contributed by atoms with Crippen molar-refractivity contribution in [1.82, 2.24) is 14.8 Å². The van der Waals surface area contributed by atoms with Crippen molar-refractivity contribution < 1.29 is 9.47 Å². The van der Waals surface area contributed by atoms with E-state index >= 15 is 0 Å². The summed E-state index contributed by atoms with van der Waals surface area (Å²) in [6, 6.07) is 22.1. The summed E-state index contributed by atoms with van der Waals surface area (Å²) < 4.78 is 13.9. The Morgan fingerprint density at radius 2 is 1.55 bits per heavy atom. The number of ether oxygens (including phenoxy) is 2. The number of nitrogens with zero attached hydrogens (tertiary/aromatic N) is 3. The number of pyridine rings is 1. The third-order valence-corrected chi connectivity index (χ3v) is 5.84. The molecule has 3 aliphatic rings. The number of aromatic nitrogens is 3. The van der Waals surface area contributed by atoms with E-state index in [1.54, 1.807) is 0 Å². The number of fused-ring (bicyclic) bond motifs is 4. The summed E-state index contributed by atoms with van der Waals surface area (Å²) in [6.07, 6.45) is 2.13. The molecule has 152 valence electrons. The van der Waals surface area contributed by atoms with Crippen molar-refractivity contribution in [3.8, 4) is 34.0 Å². The van der Waals surface area contributed by atoms with Gasteiger partial charge < -0.3 is 14.0 Å². The lowest BCUT2D eigenvalue weighted by Gasteiger charge is -2.21. The maximum atomic E-state index is 6.09. The molecule has 3 aromatic rings. The van der Waals surface area contributed by atoms with Crippen LogP contribution in [-0.4, -0.2) is 28.0 Å². The minimum atomic E-state index is 0.543.